The minimum Gasteiger partial charge on any atom is -0.398 e. The van der Waals surface area contributed by atoms with Crippen molar-refractivity contribution in [2.45, 2.75) is 43.9 Å². The maximum Gasteiger partial charge on any atom is 0.490 e. The van der Waals surface area contributed by atoms with Gasteiger partial charge in [-0.3, -0.25) is 0 Å². The van der Waals surface area contributed by atoms with Gasteiger partial charge < -0.3 is 59.8 Å². The van der Waals surface area contributed by atoms with Crippen LogP contribution in [0.3, 0.4) is 0 Å². The first kappa shape index (κ1) is 33.2. The van der Waals surface area contributed by atoms with E-state index in [2.05, 4.69) is 16.0 Å². The van der Waals surface area contributed by atoms with Crippen molar-refractivity contribution in [3.8, 4) is 0 Å². The van der Waals surface area contributed by atoms with Crippen molar-refractivity contribution in [2.75, 3.05) is 73.1 Å². The molecule has 0 aromatic heterocycles. The molecule has 0 radical (unpaired) electrons. The zero-order valence-corrected chi connectivity index (χ0v) is 23.9. The predicted molar refractivity (Wildman–Crippen MR) is 138 cm³/mol. The Morgan fingerprint density at radius 2 is 1.03 bits per heavy atom. The average Bonchev–Trinajstić information content (AvgIpc) is 2.78. The van der Waals surface area contributed by atoms with E-state index in [1.54, 1.807) is 7.11 Å². The molecule has 0 aliphatic carbocycles. The SMILES string of the molecule is CO[Si](C)(CCCNCCN)O[Si](O)(CCCNCCN)O[Si](O)(CCCNCCN)OC. The zero-order valence-electron chi connectivity index (χ0n) is 20.9. The minimum atomic E-state index is -3.80. The Balaban J connectivity index is 5.18. The highest BCUT2D eigenvalue weighted by atomic mass is 28.5. The topological polar surface area (TPSA) is 192 Å². The molecule has 0 aromatic rings. The van der Waals surface area contributed by atoms with Crippen LogP contribution in [0.5, 0.6) is 0 Å². The third-order valence-electron chi connectivity index (χ3n) is 5.09. The van der Waals surface area contributed by atoms with Crippen molar-refractivity contribution in [1.82, 2.24) is 16.0 Å². The van der Waals surface area contributed by atoms with Crippen LogP contribution in [-0.4, -0.2) is 109 Å². The van der Waals surface area contributed by atoms with Gasteiger partial charge in [-0.05, 0) is 51.5 Å². The first-order valence-electron chi connectivity index (χ1n) is 11.9. The van der Waals surface area contributed by atoms with Gasteiger partial charge in [0, 0.05) is 65.6 Å². The lowest BCUT2D eigenvalue weighted by molar-refractivity contribution is 0.124. The van der Waals surface area contributed by atoms with E-state index in [4.69, 9.17) is 34.3 Å². The molecule has 0 spiro atoms. The maximum atomic E-state index is 11.5. The summed E-state index contributed by atoms with van der Waals surface area (Å²) in [6, 6.07) is 1.26. The van der Waals surface area contributed by atoms with Crippen LogP contribution >= 0.6 is 0 Å². The van der Waals surface area contributed by atoms with Crippen LogP contribution in [0.15, 0.2) is 0 Å². The molecule has 0 aliphatic heterocycles. The van der Waals surface area contributed by atoms with Gasteiger partial charge in [0.1, 0.15) is 0 Å². The summed E-state index contributed by atoms with van der Waals surface area (Å²) in [7, 11) is -7.19. The van der Waals surface area contributed by atoms with Crippen LogP contribution in [0.4, 0.5) is 0 Å². The van der Waals surface area contributed by atoms with Crippen molar-refractivity contribution in [3.63, 3.8) is 0 Å². The van der Waals surface area contributed by atoms with Gasteiger partial charge in [-0.15, -0.1) is 0 Å². The third-order valence-corrected chi connectivity index (χ3v) is 15.4. The Morgan fingerprint density at radius 3 is 1.42 bits per heavy atom. The summed E-state index contributed by atoms with van der Waals surface area (Å²) in [5.74, 6) is 0. The first-order valence-corrected chi connectivity index (χ1v) is 18.4. The molecule has 3 unspecified atom stereocenters. The van der Waals surface area contributed by atoms with Crippen LogP contribution < -0.4 is 33.2 Å². The molecule has 0 bridgehead atoms. The number of nitrogens with two attached hydrogens (primary N) is 3. The predicted octanol–water partition coefficient (Wildman–Crippen LogP) is -1.94. The fraction of sp³-hybridized carbons (Fsp3) is 1.00. The Morgan fingerprint density at radius 1 is 0.606 bits per heavy atom. The lowest BCUT2D eigenvalue weighted by Gasteiger charge is -2.37. The van der Waals surface area contributed by atoms with Crippen LogP contribution in [0.1, 0.15) is 19.3 Å². The molecule has 0 heterocycles. The molecule has 0 saturated carbocycles. The monoisotopic (exact) mass is 530 g/mol. The second kappa shape index (κ2) is 19.4. The highest BCUT2D eigenvalue weighted by Crippen LogP contribution is 2.27. The smallest absolute Gasteiger partial charge is 0.398 e. The second-order valence-corrected chi connectivity index (χ2v) is 17.2. The van der Waals surface area contributed by atoms with E-state index in [9.17, 15) is 9.59 Å². The van der Waals surface area contributed by atoms with Crippen LogP contribution in [0.25, 0.3) is 0 Å². The lowest BCUT2D eigenvalue weighted by Crippen LogP contribution is -2.60. The first-order chi connectivity index (χ1) is 15.7. The highest BCUT2D eigenvalue weighted by Gasteiger charge is 2.52. The normalized spacial score (nSPS) is 17.5. The molecule has 200 valence electrons. The van der Waals surface area contributed by atoms with Crippen LogP contribution in [0.2, 0.25) is 24.7 Å². The van der Waals surface area contributed by atoms with Gasteiger partial charge in [-0.2, -0.15) is 0 Å². The molecular weight excluding hydrogens is 480 g/mol. The molecule has 0 amide bonds. The number of hydrogen-bond acceptors (Lipinski definition) is 12. The van der Waals surface area contributed by atoms with Gasteiger partial charge in [-0.1, -0.05) is 0 Å². The summed E-state index contributed by atoms with van der Waals surface area (Å²) in [6.07, 6.45) is 2.06. The van der Waals surface area contributed by atoms with Crippen molar-refractivity contribution in [3.05, 3.63) is 0 Å². The molecule has 11 N–H and O–H groups in total. The standard InChI is InChI=1S/C18H50N6O6Si3/c1-27-31(3,16-4-10-22-13-7-19)29-33(26,18-6-12-24-15-9-21)30-32(25,28-2)17-5-11-23-14-8-20/h22-26H,4-21H2,1-3H3. The quantitative estimate of drug-likeness (QED) is 0.0509. The van der Waals surface area contributed by atoms with E-state index in [1.165, 1.54) is 7.11 Å². The van der Waals surface area contributed by atoms with Crippen molar-refractivity contribution < 1.29 is 26.7 Å². The largest absolute Gasteiger partial charge is 0.490 e. The Labute approximate surface area is 203 Å². The molecule has 12 nitrogen and oxygen atoms in total. The fourth-order valence-electron chi connectivity index (χ4n) is 3.19. The van der Waals surface area contributed by atoms with E-state index < -0.39 is 26.2 Å². The Hall–Kier alpha value is 0.171. The zero-order chi connectivity index (χ0) is 25.1. The molecule has 0 saturated heterocycles. The highest BCUT2D eigenvalue weighted by molar-refractivity contribution is 6.81. The molecule has 33 heavy (non-hydrogen) atoms. The van der Waals surface area contributed by atoms with Crippen molar-refractivity contribution >= 4 is 26.2 Å². The molecule has 3 atom stereocenters. The van der Waals surface area contributed by atoms with E-state index in [0.29, 0.717) is 70.7 Å². The number of rotatable bonds is 24. The fourth-order valence-corrected chi connectivity index (χ4v) is 13.2. The van der Waals surface area contributed by atoms with E-state index >= 15 is 0 Å². The molecular formula is C18H50N6O6Si3. The Bertz CT molecular complexity index is 449. The summed E-state index contributed by atoms with van der Waals surface area (Å²) in [4.78, 5) is 22.6. The van der Waals surface area contributed by atoms with E-state index in [1.807, 2.05) is 6.55 Å². The summed E-state index contributed by atoms with van der Waals surface area (Å²) < 4.78 is 23.4. The minimum absolute atomic E-state index is 0.284. The van der Waals surface area contributed by atoms with Gasteiger partial charge in [0.25, 0.3) is 0 Å². The maximum absolute atomic E-state index is 11.5. The molecule has 0 aromatic carbocycles. The molecule has 0 fully saturated rings. The van der Waals surface area contributed by atoms with E-state index in [0.717, 1.165) is 19.5 Å². The number of hydrogen-bond donors (Lipinski definition) is 8. The third kappa shape index (κ3) is 16.5. The second-order valence-electron chi connectivity index (χ2n) is 8.10. The van der Waals surface area contributed by atoms with E-state index in [-0.39, 0.29) is 6.04 Å². The van der Waals surface area contributed by atoms with Crippen molar-refractivity contribution in [2.24, 2.45) is 17.2 Å². The van der Waals surface area contributed by atoms with Gasteiger partial charge in [-0.25, -0.2) is 0 Å². The van der Waals surface area contributed by atoms with Gasteiger partial charge in [0.15, 0.2) is 0 Å². The summed E-state index contributed by atoms with van der Waals surface area (Å²) in [5.41, 5.74) is 16.5. The molecule has 0 rings (SSSR count). The van der Waals surface area contributed by atoms with Crippen LogP contribution in [0, 0.1) is 0 Å². The van der Waals surface area contributed by atoms with Crippen molar-refractivity contribution in [1.29, 1.82) is 0 Å². The lowest BCUT2D eigenvalue weighted by atomic mass is 10.5. The summed E-state index contributed by atoms with van der Waals surface area (Å²) in [6.45, 7) is 7.81. The summed E-state index contributed by atoms with van der Waals surface area (Å²) in [5, 5.41) is 9.64. The molecule has 15 heteroatoms. The van der Waals surface area contributed by atoms with Gasteiger partial charge >= 0.3 is 26.2 Å². The number of nitrogens with one attached hydrogen (secondary N) is 3. The Kier molecular flexibility index (Phi) is 19.5. The summed E-state index contributed by atoms with van der Waals surface area (Å²) >= 11 is 0. The molecule has 0 aliphatic rings. The average molecular weight is 531 g/mol. The van der Waals surface area contributed by atoms with Crippen LogP contribution in [-0.2, 0) is 17.1 Å². The van der Waals surface area contributed by atoms with Gasteiger partial charge in [0.2, 0.25) is 0 Å². The van der Waals surface area contributed by atoms with Gasteiger partial charge in [0.05, 0.1) is 0 Å².